The van der Waals surface area contributed by atoms with Crippen molar-refractivity contribution < 1.29 is 24.5 Å². The van der Waals surface area contributed by atoms with E-state index in [2.05, 4.69) is 74.7 Å². The summed E-state index contributed by atoms with van der Waals surface area (Å²) >= 11 is 0. The lowest BCUT2D eigenvalue weighted by Crippen LogP contribution is -2.46. The summed E-state index contributed by atoms with van der Waals surface area (Å²) in [5.41, 5.74) is 0. The molecule has 0 spiro atoms. The second-order valence-corrected chi connectivity index (χ2v) is 18.4. The third-order valence-corrected chi connectivity index (χ3v) is 12.3. The molecule has 362 valence electrons. The molecule has 3 unspecified atom stereocenters. The SMILES string of the molecule is CCCCC/C=C/C=C/C=C/C=C/CCCCCCCC(=O)OC(CCCCCCCCCCCCCC)CC(=O)NC(CO)C(O)CCCCCCCCCCCCCCC. The number of aliphatic hydroxyl groups excluding tert-OH is 2. The number of amides is 1. The van der Waals surface area contributed by atoms with E-state index in [0.717, 1.165) is 77.0 Å². The lowest BCUT2D eigenvalue weighted by atomic mass is 10.0. The van der Waals surface area contributed by atoms with Gasteiger partial charge in [-0.15, -0.1) is 0 Å². The van der Waals surface area contributed by atoms with Crippen LogP contribution in [0, 0.1) is 0 Å². The fraction of sp³-hybridized carbons (Fsp3) is 0.821. The minimum atomic E-state index is -0.790. The van der Waals surface area contributed by atoms with Crippen LogP contribution in [0.25, 0.3) is 0 Å². The number of hydrogen-bond acceptors (Lipinski definition) is 5. The smallest absolute Gasteiger partial charge is 0.306 e. The van der Waals surface area contributed by atoms with Crippen LogP contribution in [-0.2, 0) is 14.3 Å². The molecule has 0 radical (unpaired) electrons. The Hall–Kier alpha value is -2.18. The van der Waals surface area contributed by atoms with Gasteiger partial charge < -0.3 is 20.3 Å². The van der Waals surface area contributed by atoms with Gasteiger partial charge >= 0.3 is 5.97 Å². The summed E-state index contributed by atoms with van der Waals surface area (Å²) in [6.07, 6.45) is 60.2. The monoisotopic (exact) mass is 870 g/mol. The Morgan fingerprint density at radius 3 is 1.27 bits per heavy atom. The highest BCUT2D eigenvalue weighted by molar-refractivity contribution is 5.77. The number of allylic oxidation sites excluding steroid dienone is 8. The molecule has 0 saturated carbocycles. The first-order chi connectivity index (χ1) is 30.5. The molecule has 1 amide bonds. The fourth-order valence-electron chi connectivity index (χ4n) is 8.15. The highest BCUT2D eigenvalue weighted by Gasteiger charge is 2.24. The second kappa shape index (κ2) is 49.8. The molecule has 0 aliphatic heterocycles. The van der Waals surface area contributed by atoms with Crippen LogP contribution >= 0.6 is 0 Å². The van der Waals surface area contributed by atoms with E-state index in [1.807, 2.05) is 0 Å². The summed E-state index contributed by atoms with van der Waals surface area (Å²) in [6, 6.07) is -0.704. The quantitative estimate of drug-likeness (QED) is 0.0322. The summed E-state index contributed by atoms with van der Waals surface area (Å²) < 4.78 is 5.93. The van der Waals surface area contributed by atoms with Gasteiger partial charge in [-0.05, 0) is 51.4 Å². The molecule has 0 aromatic carbocycles. The van der Waals surface area contributed by atoms with Gasteiger partial charge in [-0.1, -0.05) is 256 Å². The van der Waals surface area contributed by atoms with Crippen molar-refractivity contribution in [3.8, 4) is 0 Å². The van der Waals surface area contributed by atoms with Crippen LogP contribution in [0.2, 0.25) is 0 Å². The van der Waals surface area contributed by atoms with Crippen molar-refractivity contribution in [3.63, 3.8) is 0 Å². The van der Waals surface area contributed by atoms with Gasteiger partial charge in [0.25, 0.3) is 0 Å². The zero-order valence-corrected chi connectivity index (χ0v) is 41.3. The zero-order valence-electron chi connectivity index (χ0n) is 41.3. The number of rotatable bonds is 48. The molecule has 62 heavy (non-hydrogen) atoms. The lowest BCUT2D eigenvalue weighted by molar-refractivity contribution is -0.151. The number of unbranched alkanes of at least 4 members (excludes halogenated alkanes) is 31. The first-order valence-corrected chi connectivity index (χ1v) is 26.9. The Morgan fingerprint density at radius 1 is 0.468 bits per heavy atom. The van der Waals surface area contributed by atoms with Gasteiger partial charge in [0, 0.05) is 6.42 Å². The van der Waals surface area contributed by atoms with Gasteiger partial charge in [0.05, 0.1) is 25.2 Å². The Kier molecular flexibility index (Phi) is 48.1. The number of esters is 1. The molecule has 0 aromatic heterocycles. The van der Waals surface area contributed by atoms with E-state index in [0.29, 0.717) is 19.3 Å². The molecule has 6 heteroatoms. The van der Waals surface area contributed by atoms with Crippen LogP contribution in [0.1, 0.15) is 271 Å². The fourth-order valence-corrected chi connectivity index (χ4v) is 8.15. The number of hydrogen-bond donors (Lipinski definition) is 3. The van der Waals surface area contributed by atoms with Gasteiger partial charge in [0.2, 0.25) is 5.91 Å². The van der Waals surface area contributed by atoms with E-state index >= 15 is 0 Å². The van der Waals surface area contributed by atoms with E-state index in [-0.39, 0.29) is 24.9 Å². The van der Waals surface area contributed by atoms with Crippen LogP contribution in [0.4, 0.5) is 0 Å². The van der Waals surface area contributed by atoms with Crippen molar-refractivity contribution in [2.75, 3.05) is 6.61 Å². The highest BCUT2D eigenvalue weighted by atomic mass is 16.5. The van der Waals surface area contributed by atoms with Gasteiger partial charge in [-0.3, -0.25) is 9.59 Å². The van der Waals surface area contributed by atoms with E-state index in [1.54, 1.807) is 0 Å². The molecule has 6 nitrogen and oxygen atoms in total. The van der Waals surface area contributed by atoms with Crippen LogP contribution in [-0.4, -0.2) is 46.9 Å². The van der Waals surface area contributed by atoms with Crippen molar-refractivity contribution >= 4 is 11.9 Å². The predicted octanol–water partition coefficient (Wildman–Crippen LogP) is 16.2. The third-order valence-electron chi connectivity index (χ3n) is 12.3. The van der Waals surface area contributed by atoms with Crippen LogP contribution in [0.15, 0.2) is 48.6 Å². The number of carbonyl (C=O) groups is 2. The summed E-state index contributed by atoms with van der Waals surface area (Å²) in [6.45, 7) is 6.45. The van der Waals surface area contributed by atoms with Gasteiger partial charge in [0.15, 0.2) is 0 Å². The topological polar surface area (TPSA) is 95.9 Å². The number of carbonyl (C=O) groups excluding carboxylic acids is 2. The van der Waals surface area contributed by atoms with Crippen molar-refractivity contribution in [1.82, 2.24) is 5.32 Å². The van der Waals surface area contributed by atoms with Crippen molar-refractivity contribution in [2.45, 2.75) is 289 Å². The van der Waals surface area contributed by atoms with Crippen molar-refractivity contribution in [1.29, 1.82) is 0 Å². The van der Waals surface area contributed by atoms with Crippen molar-refractivity contribution in [2.24, 2.45) is 0 Å². The molecule has 0 aliphatic rings. The Bertz CT molecular complexity index is 1070. The summed E-state index contributed by atoms with van der Waals surface area (Å²) in [5, 5.41) is 23.8. The molecule has 0 saturated heterocycles. The van der Waals surface area contributed by atoms with E-state index in [4.69, 9.17) is 4.74 Å². The van der Waals surface area contributed by atoms with E-state index < -0.39 is 18.2 Å². The summed E-state index contributed by atoms with van der Waals surface area (Å²) in [7, 11) is 0. The molecule has 3 N–H and O–H groups in total. The first kappa shape index (κ1) is 59.8. The maximum Gasteiger partial charge on any atom is 0.306 e. The molecule has 0 aliphatic carbocycles. The molecule has 0 bridgehead atoms. The Labute approximate surface area is 385 Å². The normalized spacial score (nSPS) is 13.6. The van der Waals surface area contributed by atoms with Gasteiger partial charge in [-0.2, -0.15) is 0 Å². The molecule has 0 rings (SSSR count). The molecule has 0 aromatic rings. The van der Waals surface area contributed by atoms with Gasteiger partial charge in [-0.25, -0.2) is 0 Å². The largest absolute Gasteiger partial charge is 0.462 e. The molecular formula is C56H103NO5. The molecule has 0 fully saturated rings. The van der Waals surface area contributed by atoms with E-state index in [1.165, 1.54) is 148 Å². The minimum absolute atomic E-state index is 0.0703. The average molecular weight is 870 g/mol. The first-order valence-electron chi connectivity index (χ1n) is 26.9. The minimum Gasteiger partial charge on any atom is -0.462 e. The average Bonchev–Trinajstić information content (AvgIpc) is 3.26. The highest BCUT2D eigenvalue weighted by Crippen LogP contribution is 2.18. The third kappa shape index (κ3) is 44.4. The predicted molar refractivity (Wildman–Crippen MR) is 269 cm³/mol. The Morgan fingerprint density at radius 2 is 0.823 bits per heavy atom. The zero-order chi connectivity index (χ0) is 45.2. The van der Waals surface area contributed by atoms with Crippen LogP contribution in [0.5, 0.6) is 0 Å². The second-order valence-electron chi connectivity index (χ2n) is 18.4. The van der Waals surface area contributed by atoms with Crippen LogP contribution < -0.4 is 5.32 Å². The summed E-state index contributed by atoms with van der Waals surface area (Å²) in [5.74, 6) is -0.491. The standard InChI is InChI=1S/C56H103NO5/c1-4-7-10-13-16-19-22-25-26-27-28-29-31-34-37-40-43-46-49-56(61)62-52(47-44-41-38-35-32-24-21-18-15-12-9-6-3)50-55(60)57-53(51-58)54(59)48-45-42-39-36-33-30-23-20-17-14-11-8-5-2/h16,19,22,25-29,52-54,58-59H,4-15,17-18,20-21,23-24,30-51H2,1-3H3,(H,57,60)/b19-16+,25-22+,27-26+,29-28+. The Balaban J connectivity index is 4.57. The molecule has 0 heterocycles. The number of aliphatic hydroxyl groups is 2. The lowest BCUT2D eigenvalue weighted by Gasteiger charge is -2.24. The molecule has 3 atom stereocenters. The maximum atomic E-state index is 13.2. The molecular weight excluding hydrogens is 767 g/mol. The maximum absolute atomic E-state index is 13.2. The summed E-state index contributed by atoms with van der Waals surface area (Å²) in [4.78, 5) is 26.2. The number of nitrogens with one attached hydrogen (secondary N) is 1. The number of ether oxygens (including phenoxy) is 1. The van der Waals surface area contributed by atoms with Crippen LogP contribution in [0.3, 0.4) is 0 Å². The van der Waals surface area contributed by atoms with Gasteiger partial charge in [0.1, 0.15) is 6.10 Å². The van der Waals surface area contributed by atoms with Crippen molar-refractivity contribution in [3.05, 3.63) is 48.6 Å². The van der Waals surface area contributed by atoms with E-state index in [9.17, 15) is 19.8 Å².